The molecular formula is C23H22N4O3. The quantitative estimate of drug-likeness (QED) is 0.653. The lowest BCUT2D eigenvalue weighted by atomic mass is 10.1. The Labute approximate surface area is 174 Å². The van der Waals surface area contributed by atoms with E-state index in [1.165, 1.54) is 6.20 Å². The number of carbonyl (C=O) groups excluding carboxylic acids is 2. The maximum Gasteiger partial charge on any atom is 0.321 e. The third-order valence-corrected chi connectivity index (χ3v) is 4.86. The number of anilines is 2. The molecule has 7 heteroatoms. The van der Waals surface area contributed by atoms with E-state index >= 15 is 0 Å². The average molecular weight is 402 g/mol. The van der Waals surface area contributed by atoms with E-state index in [0.717, 1.165) is 11.3 Å². The van der Waals surface area contributed by atoms with Crippen molar-refractivity contribution in [2.45, 2.75) is 13.0 Å². The second-order valence-corrected chi connectivity index (χ2v) is 6.94. The molecule has 3 aromatic rings. The summed E-state index contributed by atoms with van der Waals surface area (Å²) in [6.07, 6.45) is 1.35. The number of hydrogen-bond donors (Lipinski definition) is 2. The molecule has 0 saturated carbocycles. The Morgan fingerprint density at radius 1 is 1.10 bits per heavy atom. The van der Waals surface area contributed by atoms with Gasteiger partial charge in [0.2, 0.25) is 5.88 Å². The van der Waals surface area contributed by atoms with Crippen molar-refractivity contribution in [3.63, 3.8) is 0 Å². The number of nitrogens with zero attached hydrogens (tertiary/aromatic N) is 2. The van der Waals surface area contributed by atoms with Gasteiger partial charge in [0.25, 0.3) is 5.91 Å². The summed E-state index contributed by atoms with van der Waals surface area (Å²) in [7, 11) is 0. The summed E-state index contributed by atoms with van der Waals surface area (Å²) in [6.45, 7) is 3.22. The van der Waals surface area contributed by atoms with Gasteiger partial charge in [-0.2, -0.15) is 0 Å². The fourth-order valence-corrected chi connectivity index (χ4v) is 3.20. The minimum absolute atomic E-state index is 0.109. The fraction of sp³-hybridized carbons (Fsp3) is 0.174. The number of hydrogen-bond acceptors (Lipinski definition) is 4. The Bertz CT molecular complexity index is 1020. The van der Waals surface area contributed by atoms with E-state index < -0.39 is 0 Å². The number of ether oxygens (including phenoxy) is 1. The van der Waals surface area contributed by atoms with Crippen LogP contribution in [0, 0.1) is 0 Å². The number of pyridine rings is 1. The number of aromatic nitrogens is 1. The largest absolute Gasteiger partial charge is 0.470 e. The maximum atomic E-state index is 12.5. The van der Waals surface area contributed by atoms with Crippen molar-refractivity contribution >= 4 is 23.3 Å². The first-order valence-electron chi connectivity index (χ1n) is 9.74. The second-order valence-electron chi connectivity index (χ2n) is 6.94. The van der Waals surface area contributed by atoms with Crippen LogP contribution in [0.2, 0.25) is 0 Å². The van der Waals surface area contributed by atoms with Crippen LogP contribution in [0.25, 0.3) is 0 Å². The summed E-state index contributed by atoms with van der Waals surface area (Å²) in [4.78, 5) is 30.1. The number of nitrogens with one attached hydrogen (secondary N) is 2. The minimum Gasteiger partial charge on any atom is -0.470 e. The highest BCUT2D eigenvalue weighted by molar-refractivity contribution is 6.04. The predicted molar refractivity (Wildman–Crippen MR) is 115 cm³/mol. The maximum absolute atomic E-state index is 12.5. The summed E-state index contributed by atoms with van der Waals surface area (Å²) in [5.41, 5.74) is 2.91. The van der Waals surface area contributed by atoms with E-state index in [9.17, 15) is 9.59 Å². The van der Waals surface area contributed by atoms with Crippen molar-refractivity contribution in [1.82, 2.24) is 10.3 Å². The minimum atomic E-state index is -0.267. The van der Waals surface area contributed by atoms with Crippen LogP contribution >= 0.6 is 0 Å². The molecule has 0 spiro atoms. The zero-order valence-corrected chi connectivity index (χ0v) is 16.5. The van der Waals surface area contributed by atoms with Crippen LogP contribution in [0.1, 0.15) is 28.9 Å². The average Bonchev–Trinajstić information content (AvgIpc) is 3.21. The van der Waals surface area contributed by atoms with Crippen molar-refractivity contribution in [3.05, 3.63) is 84.1 Å². The van der Waals surface area contributed by atoms with Crippen molar-refractivity contribution in [1.29, 1.82) is 0 Å². The third kappa shape index (κ3) is 4.41. The summed E-state index contributed by atoms with van der Waals surface area (Å²) < 4.78 is 5.84. The van der Waals surface area contributed by atoms with Crippen LogP contribution in [0.15, 0.2) is 72.9 Å². The Morgan fingerprint density at radius 2 is 1.87 bits per heavy atom. The lowest BCUT2D eigenvalue weighted by Gasteiger charge is -2.15. The first-order valence-corrected chi connectivity index (χ1v) is 9.74. The SMILES string of the molecule is C[C@@H](Oc1ccc(C(=O)Nc2ccc(N3CCNC3=O)cc2)cn1)c1ccccc1. The Kier molecular flexibility index (Phi) is 5.61. The smallest absolute Gasteiger partial charge is 0.321 e. The van der Waals surface area contributed by atoms with Gasteiger partial charge < -0.3 is 15.4 Å². The molecule has 1 fully saturated rings. The molecule has 30 heavy (non-hydrogen) atoms. The fourth-order valence-electron chi connectivity index (χ4n) is 3.20. The number of carbonyl (C=O) groups is 2. The van der Waals surface area contributed by atoms with Gasteiger partial charge in [0.15, 0.2) is 0 Å². The van der Waals surface area contributed by atoms with Gasteiger partial charge in [-0.1, -0.05) is 30.3 Å². The zero-order chi connectivity index (χ0) is 20.9. The van der Waals surface area contributed by atoms with Crippen LogP contribution in [0.3, 0.4) is 0 Å². The number of rotatable bonds is 6. The van der Waals surface area contributed by atoms with Gasteiger partial charge in [0.1, 0.15) is 6.10 Å². The molecular weight excluding hydrogens is 380 g/mol. The first kappa shape index (κ1) is 19.4. The van der Waals surface area contributed by atoms with Crippen molar-refractivity contribution in [3.8, 4) is 5.88 Å². The van der Waals surface area contributed by atoms with Crippen LogP contribution in [-0.2, 0) is 0 Å². The van der Waals surface area contributed by atoms with Crippen molar-refractivity contribution < 1.29 is 14.3 Å². The highest BCUT2D eigenvalue weighted by atomic mass is 16.5. The Hall–Kier alpha value is -3.87. The summed E-state index contributed by atoms with van der Waals surface area (Å²) in [5, 5.41) is 5.60. The third-order valence-electron chi connectivity index (χ3n) is 4.86. The standard InChI is InChI=1S/C23H22N4O3/c1-16(17-5-3-2-4-6-17)30-21-12-7-18(15-25-21)22(28)26-19-8-10-20(11-9-19)27-14-13-24-23(27)29/h2-12,15-16H,13-14H2,1H3,(H,24,29)(H,26,28)/t16-/m1/s1. The van der Waals surface area contributed by atoms with Crippen LogP contribution in [-0.4, -0.2) is 30.0 Å². The van der Waals surface area contributed by atoms with Crippen molar-refractivity contribution in [2.24, 2.45) is 0 Å². The normalized spacial score (nSPS) is 14.2. The molecule has 4 rings (SSSR count). The van der Waals surface area contributed by atoms with Gasteiger partial charge in [-0.15, -0.1) is 0 Å². The van der Waals surface area contributed by atoms with Crippen LogP contribution in [0.4, 0.5) is 16.2 Å². The monoisotopic (exact) mass is 402 g/mol. The van der Waals surface area contributed by atoms with Crippen molar-refractivity contribution in [2.75, 3.05) is 23.3 Å². The molecule has 152 valence electrons. The molecule has 0 unspecified atom stereocenters. The van der Waals surface area contributed by atoms with E-state index in [-0.39, 0.29) is 18.0 Å². The van der Waals surface area contributed by atoms with Crippen LogP contribution < -0.4 is 20.3 Å². The molecule has 2 aromatic carbocycles. The molecule has 0 bridgehead atoms. The molecule has 2 heterocycles. The summed E-state index contributed by atoms with van der Waals surface area (Å²) in [6, 6.07) is 20.3. The lowest BCUT2D eigenvalue weighted by Crippen LogP contribution is -2.27. The van der Waals surface area contributed by atoms with E-state index in [2.05, 4.69) is 15.6 Å². The molecule has 2 N–H and O–H groups in total. The zero-order valence-electron chi connectivity index (χ0n) is 16.5. The second kappa shape index (κ2) is 8.65. The molecule has 1 aromatic heterocycles. The van der Waals surface area contributed by atoms with E-state index in [1.54, 1.807) is 41.3 Å². The number of benzene rings is 2. The molecule has 7 nitrogen and oxygen atoms in total. The lowest BCUT2D eigenvalue weighted by molar-refractivity contribution is 0.102. The van der Waals surface area contributed by atoms with E-state index in [1.807, 2.05) is 37.3 Å². The molecule has 0 aliphatic carbocycles. The number of urea groups is 1. The highest BCUT2D eigenvalue weighted by Crippen LogP contribution is 2.21. The summed E-state index contributed by atoms with van der Waals surface area (Å²) >= 11 is 0. The highest BCUT2D eigenvalue weighted by Gasteiger charge is 2.20. The molecule has 1 saturated heterocycles. The molecule has 3 amide bonds. The predicted octanol–water partition coefficient (Wildman–Crippen LogP) is 4.00. The van der Waals surface area contributed by atoms with Gasteiger partial charge in [0, 0.05) is 36.7 Å². The van der Waals surface area contributed by atoms with Gasteiger partial charge in [-0.3, -0.25) is 9.69 Å². The van der Waals surface area contributed by atoms with Crippen LogP contribution in [0.5, 0.6) is 5.88 Å². The van der Waals surface area contributed by atoms with Gasteiger partial charge in [-0.25, -0.2) is 9.78 Å². The Morgan fingerprint density at radius 3 is 2.50 bits per heavy atom. The summed E-state index contributed by atoms with van der Waals surface area (Å²) in [5.74, 6) is 0.188. The van der Waals surface area contributed by atoms with E-state index in [0.29, 0.717) is 30.2 Å². The van der Waals surface area contributed by atoms with Gasteiger partial charge in [-0.05, 0) is 42.8 Å². The first-order chi connectivity index (χ1) is 14.6. The van der Waals surface area contributed by atoms with Gasteiger partial charge in [0.05, 0.1) is 5.56 Å². The molecule has 1 aliphatic rings. The van der Waals surface area contributed by atoms with E-state index in [4.69, 9.17) is 4.74 Å². The Balaban J connectivity index is 1.36. The molecule has 1 atom stereocenters. The number of amides is 3. The molecule has 1 aliphatic heterocycles. The van der Waals surface area contributed by atoms with Gasteiger partial charge >= 0.3 is 6.03 Å². The topological polar surface area (TPSA) is 83.6 Å². The molecule has 0 radical (unpaired) electrons.